The molecule has 0 unspecified atom stereocenters. The highest BCUT2D eigenvalue weighted by molar-refractivity contribution is 6.30. The van der Waals surface area contributed by atoms with Gasteiger partial charge in [0.1, 0.15) is 12.2 Å². The van der Waals surface area contributed by atoms with Crippen LogP contribution >= 0.6 is 11.6 Å². The van der Waals surface area contributed by atoms with E-state index in [1.165, 1.54) is 0 Å². The lowest BCUT2D eigenvalue weighted by atomic mass is 9.98. The van der Waals surface area contributed by atoms with E-state index >= 15 is 0 Å². The highest BCUT2D eigenvalue weighted by Crippen LogP contribution is 2.44. The number of nitrogens with one attached hydrogen (secondary N) is 1. The Bertz CT molecular complexity index is 1090. The van der Waals surface area contributed by atoms with Crippen molar-refractivity contribution < 1.29 is 23.8 Å². The second-order valence-corrected chi connectivity index (χ2v) is 6.77. The number of halogens is 2. The van der Waals surface area contributed by atoms with Crippen molar-refractivity contribution in [2.45, 2.75) is 5.92 Å². The molecule has 0 bridgehead atoms. The van der Waals surface area contributed by atoms with Crippen LogP contribution in [0.1, 0.15) is 27.4 Å². The van der Waals surface area contributed by atoms with Crippen molar-refractivity contribution >= 4 is 29.4 Å². The van der Waals surface area contributed by atoms with Crippen LogP contribution in [-0.2, 0) is 4.74 Å². The molecule has 6 nitrogen and oxygen atoms in total. The monoisotopic (exact) mass is 412 g/mol. The van der Waals surface area contributed by atoms with Gasteiger partial charge in [0.15, 0.2) is 11.0 Å². The Morgan fingerprint density at radius 1 is 1.10 bits per heavy atom. The maximum Gasteiger partial charge on any atom is 0.411 e. The summed E-state index contributed by atoms with van der Waals surface area (Å²) in [7, 11) is 0. The summed E-state index contributed by atoms with van der Waals surface area (Å²) in [6.07, 6.45) is -0.122. The Morgan fingerprint density at radius 3 is 2.28 bits per heavy atom. The minimum absolute atomic E-state index is 0.00268. The lowest BCUT2D eigenvalue weighted by Crippen LogP contribution is -2.20. The number of hydrogen-bond donors (Lipinski definition) is 2. The topological polar surface area (TPSA) is 88.5 Å². The fourth-order valence-corrected chi connectivity index (χ4v) is 3.63. The number of hydrogen-bond acceptors (Lipinski definition) is 4. The molecule has 0 aliphatic heterocycles. The second kappa shape index (κ2) is 7.52. The van der Waals surface area contributed by atoms with E-state index in [4.69, 9.17) is 16.3 Å². The van der Waals surface area contributed by atoms with E-state index in [1.54, 1.807) is 0 Å². The summed E-state index contributed by atoms with van der Waals surface area (Å²) in [6, 6.07) is 15.6. The number of fused-ring (bicyclic) bond motifs is 3. The van der Waals surface area contributed by atoms with E-state index in [0.717, 1.165) is 28.5 Å². The van der Waals surface area contributed by atoms with Crippen molar-refractivity contribution in [3.05, 3.63) is 82.4 Å². The normalized spacial score (nSPS) is 12.2. The number of ether oxygens (including phenoxy) is 1. The van der Waals surface area contributed by atoms with Crippen LogP contribution in [-0.4, -0.2) is 28.8 Å². The number of carboxylic acids is 1. The van der Waals surface area contributed by atoms with Gasteiger partial charge in [-0.2, -0.15) is 0 Å². The number of benzene rings is 2. The molecule has 0 spiro atoms. The Morgan fingerprint density at radius 2 is 1.69 bits per heavy atom. The molecule has 1 aliphatic carbocycles. The average Bonchev–Trinajstić information content (AvgIpc) is 3.03. The molecule has 0 fully saturated rings. The van der Waals surface area contributed by atoms with Crippen molar-refractivity contribution in [3.8, 4) is 11.1 Å². The van der Waals surface area contributed by atoms with E-state index in [9.17, 15) is 19.1 Å². The summed E-state index contributed by atoms with van der Waals surface area (Å²) in [6.45, 7) is 0.00268. The van der Waals surface area contributed by atoms with Crippen molar-refractivity contribution in [2.75, 3.05) is 11.9 Å². The van der Waals surface area contributed by atoms with Crippen molar-refractivity contribution in [2.24, 2.45) is 0 Å². The van der Waals surface area contributed by atoms with Gasteiger partial charge in [0.05, 0.1) is 5.69 Å². The van der Waals surface area contributed by atoms with E-state index in [2.05, 4.69) is 10.3 Å². The third-order valence-corrected chi connectivity index (χ3v) is 5.04. The summed E-state index contributed by atoms with van der Waals surface area (Å²) >= 11 is 5.60. The zero-order chi connectivity index (χ0) is 20.5. The van der Waals surface area contributed by atoms with Crippen LogP contribution in [0.3, 0.4) is 0 Å². The van der Waals surface area contributed by atoms with Crippen LogP contribution in [0.25, 0.3) is 11.1 Å². The fourth-order valence-electron chi connectivity index (χ4n) is 3.48. The molecule has 0 saturated heterocycles. The molecule has 2 N–H and O–H groups in total. The van der Waals surface area contributed by atoms with Gasteiger partial charge in [-0.1, -0.05) is 60.1 Å². The summed E-state index contributed by atoms with van der Waals surface area (Å²) in [5.41, 5.74) is 3.06. The molecule has 1 heterocycles. The fraction of sp³-hybridized carbons (Fsp3) is 0.0952. The number of anilines is 1. The predicted molar refractivity (Wildman–Crippen MR) is 105 cm³/mol. The molecule has 1 amide bonds. The van der Waals surface area contributed by atoms with Gasteiger partial charge >= 0.3 is 12.1 Å². The van der Waals surface area contributed by atoms with Gasteiger partial charge < -0.3 is 9.84 Å². The first kappa shape index (κ1) is 18.9. The lowest BCUT2D eigenvalue weighted by molar-refractivity contribution is 0.0697. The Kier molecular flexibility index (Phi) is 4.90. The minimum Gasteiger partial charge on any atom is -0.478 e. The van der Waals surface area contributed by atoms with Gasteiger partial charge in [-0.3, -0.25) is 5.32 Å². The average molecular weight is 413 g/mol. The van der Waals surface area contributed by atoms with Crippen LogP contribution in [0, 0.1) is 5.82 Å². The Balaban J connectivity index is 1.55. The molecular formula is C21H14ClFN2O4. The maximum absolute atomic E-state index is 14.2. The number of carboxylic acid groups (broad SMARTS) is 1. The molecule has 1 aliphatic rings. The second-order valence-electron chi connectivity index (χ2n) is 6.41. The van der Waals surface area contributed by atoms with E-state index in [-0.39, 0.29) is 12.5 Å². The number of pyridine rings is 1. The summed E-state index contributed by atoms with van der Waals surface area (Å²) < 4.78 is 19.5. The number of nitrogens with zero attached hydrogens (tertiary/aromatic N) is 1. The number of carbonyl (C=O) groups excluding carboxylic acids is 1. The largest absolute Gasteiger partial charge is 0.478 e. The summed E-state index contributed by atoms with van der Waals surface area (Å²) in [5, 5.41) is 10.8. The van der Waals surface area contributed by atoms with Crippen LogP contribution in [0.5, 0.6) is 0 Å². The molecule has 1 aromatic heterocycles. The molecular weight excluding hydrogens is 399 g/mol. The van der Waals surface area contributed by atoms with Crippen LogP contribution in [0.4, 0.5) is 14.9 Å². The van der Waals surface area contributed by atoms with Gasteiger partial charge in [0.2, 0.25) is 0 Å². The van der Waals surface area contributed by atoms with Gasteiger partial charge in [-0.15, -0.1) is 0 Å². The van der Waals surface area contributed by atoms with Gasteiger partial charge in [0.25, 0.3) is 0 Å². The highest BCUT2D eigenvalue weighted by atomic mass is 35.5. The summed E-state index contributed by atoms with van der Waals surface area (Å²) in [5.74, 6) is -2.78. The first-order chi connectivity index (χ1) is 14.0. The number of carbonyl (C=O) groups is 2. The van der Waals surface area contributed by atoms with Crippen LogP contribution in [0.15, 0.2) is 54.7 Å². The molecule has 2 aromatic carbocycles. The molecule has 0 saturated carbocycles. The van der Waals surface area contributed by atoms with E-state index < -0.39 is 34.3 Å². The smallest absolute Gasteiger partial charge is 0.411 e. The Hall–Kier alpha value is -3.45. The number of aromatic carboxylic acids is 1. The third kappa shape index (κ3) is 3.40. The van der Waals surface area contributed by atoms with Crippen LogP contribution < -0.4 is 5.32 Å². The first-order valence-corrected chi connectivity index (χ1v) is 9.04. The molecule has 3 aromatic rings. The zero-order valence-electron chi connectivity index (χ0n) is 14.9. The number of aromatic nitrogens is 1. The predicted octanol–water partition coefficient (Wildman–Crippen LogP) is 4.93. The quantitative estimate of drug-likeness (QED) is 0.593. The SMILES string of the molecule is O=C(Nc1c(C(=O)O)cnc(Cl)c1F)OCC1c2ccccc2-c2ccccc21. The molecule has 146 valence electrons. The van der Waals surface area contributed by atoms with E-state index in [0.29, 0.717) is 0 Å². The van der Waals surface area contributed by atoms with Crippen molar-refractivity contribution in [1.82, 2.24) is 4.98 Å². The van der Waals surface area contributed by atoms with Crippen molar-refractivity contribution in [1.29, 1.82) is 0 Å². The number of amides is 1. The van der Waals surface area contributed by atoms with Gasteiger partial charge in [-0.25, -0.2) is 19.0 Å². The molecule has 29 heavy (non-hydrogen) atoms. The Labute approximate surface area is 169 Å². The standard InChI is InChI=1S/C21H14ClFN2O4/c22-19-17(23)18(15(9-24-19)20(26)27)25-21(28)29-10-16-13-7-3-1-5-11(13)12-6-2-4-8-14(12)16/h1-9,16H,10H2,(H,26,27)(H,24,25,28). The molecule has 0 radical (unpaired) electrons. The molecule has 8 heteroatoms. The first-order valence-electron chi connectivity index (χ1n) is 8.66. The summed E-state index contributed by atoms with van der Waals surface area (Å²) in [4.78, 5) is 27.0. The van der Waals surface area contributed by atoms with Gasteiger partial charge in [-0.05, 0) is 22.3 Å². The van der Waals surface area contributed by atoms with Gasteiger partial charge in [0, 0.05) is 12.1 Å². The van der Waals surface area contributed by atoms with Crippen LogP contribution in [0.2, 0.25) is 5.15 Å². The van der Waals surface area contributed by atoms with E-state index in [1.807, 2.05) is 48.5 Å². The molecule has 0 atom stereocenters. The lowest BCUT2D eigenvalue weighted by Gasteiger charge is -2.15. The van der Waals surface area contributed by atoms with Crippen molar-refractivity contribution in [3.63, 3.8) is 0 Å². The number of rotatable bonds is 4. The highest BCUT2D eigenvalue weighted by Gasteiger charge is 2.29. The third-order valence-electron chi connectivity index (χ3n) is 4.78. The zero-order valence-corrected chi connectivity index (χ0v) is 15.6. The minimum atomic E-state index is -1.46. The molecule has 4 rings (SSSR count). The maximum atomic E-state index is 14.2.